The zero-order chi connectivity index (χ0) is 13.9. The van der Waals surface area contributed by atoms with Gasteiger partial charge in [0.15, 0.2) is 15.8 Å². The van der Waals surface area contributed by atoms with Gasteiger partial charge in [-0.05, 0) is 25.2 Å². The van der Waals surface area contributed by atoms with Crippen LogP contribution in [-0.4, -0.2) is 41.7 Å². The Bertz CT molecular complexity index is 764. The van der Waals surface area contributed by atoms with Crippen LogP contribution < -0.4 is 5.32 Å². The first kappa shape index (κ1) is 12.6. The van der Waals surface area contributed by atoms with Gasteiger partial charge in [-0.1, -0.05) is 0 Å². The quantitative estimate of drug-likeness (QED) is 0.935. The third kappa shape index (κ3) is 1.58. The number of nitrogens with one attached hydrogen (secondary N) is 1. The average molecular weight is 312 g/mol. The Morgan fingerprint density at radius 1 is 1.45 bits per heavy atom. The van der Waals surface area contributed by atoms with Crippen LogP contribution in [0, 0.1) is 5.92 Å². The van der Waals surface area contributed by atoms with E-state index in [0.717, 1.165) is 19.3 Å². The highest BCUT2D eigenvalue weighted by Gasteiger charge is 2.46. The molecular weight excluding hydrogens is 296 g/mol. The summed E-state index contributed by atoms with van der Waals surface area (Å²) in [6, 6.07) is 0.180. The van der Waals surface area contributed by atoms with Gasteiger partial charge in [0, 0.05) is 31.2 Å². The zero-order valence-electron chi connectivity index (χ0n) is 11.1. The summed E-state index contributed by atoms with van der Waals surface area (Å²) >= 11 is 1.44. The summed E-state index contributed by atoms with van der Waals surface area (Å²) in [4.78, 5) is 5.06. The zero-order valence-corrected chi connectivity index (χ0v) is 12.7. The number of aromatic nitrogens is 2. The fourth-order valence-electron chi connectivity index (χ4n) is 3.46. The molecule has 1 saturated heterocycles. The molecule has 108 valence electrons. The molecule has 0 spiro atoms. The molecule has 0 radical (unpaired) electrons. The van der Waals surface area contributed by atoms with E-state index in [9.17, 15) is 8.42 Å². The molecule has 2 unspecified atom stereocenters. The van der Waals surface area contributed by atoms with Crippen molar-refractivity contribution in [2.75, 3.05) is 18.9 Å². The third-order valence-corrected chi connectivity index (χ3v) is 7.07. The van der Waals surface area contributed by atoms with Gasteiger partial charge in [0.05, 0.1) is 0 Å². The van der Waals surface area contributed by atoms with E-state index in [1.165, 1.54) is 11.3 Å². The summed E-state index contributed by atoms with van der Waals surface area (Å²) in [5.41, 5.74) is 0. The Kier molecular flexibility index (Phi) is 2.64. The van der Waals surface area contributed by atoms with Crippen LogP contribution in [0.3, 0.4) is 0 Å². The van der Waals surface area contributed by atoms with Crippen molar-refractivity contribution in [1.29, 1.82) is 0 Å². The van der Waals surface area contributed by atoms with Crippen LogP contribution in [0.1, 0.15) is 19.3 Å². The van der Waals surface area contributed by atoms with Crippen molar-refractivity contribution in [3.63, 3.8) is 0 Å². The molecule has 2 aromatic heterocycles. The smallest absolute Gasteiger partial charge is 0.263 e. The highest BCUT2D eigenvalue weighted by molar-refractivity contribution is 7.89. The summed E-state index contributed by atoms with van der Waals surface area (Å²) in [7, 11) is -1.78. The summed E-state index contributed by atoms with van der Waals surface area (Å²) in [5, 5.41) is 5.05. The fraction of sp³-hybridized carbons (Fsp3) is 0.583. The molecule has 8 heteroatoms. The Labute approximate surface area is 121 Å². The molecule has 1 N–H and O–H groups in total. The number of anilines is 1. The lowest BCUT2D eigenvalue weighted by molar-refractivity contribution is 0.332. The molecule has 2 aromatic rings. The van der Waals surface area contributed by atoms with Crippen molar-refractivity contribution in [2.45, 2.75) is 30.3 Å². The molecule has 1 aliphatic heterocycles. The van der Waals surface area contributed by atoms with Gasteiger partial charge in [0.2, 0.25) is 0 Å². The SMILES string of the molecule is CNc1nc2sccn2c1S(=O)(=O)N1CC2CCC1C2. The van der Waals surface area contributed by atoms with E-state index in [2.05, 4.69) is 10.3 Å². The first-order chi connectivity index (χ1) is 9.61. The minimum Gasteiger partial charge on any atom is -0.371 e. The molecule has 4 rings (SSSR count). The standard InChI is InChI=1S/C12H16N4O2S2/c1-13-10-11(15-4-5-19-12(15)14-10)20(17,18)16-7-8-2-3-9(16)6-8/h4-5,8-9,13H,2-3,6-7H2,1H3. The van der Waals surface area contributed by atoms with Crippen LogP contribution in [0.4, 0.5) is 5.82 Å². The Morgan fingerprint density at radius 2 is 2.30 bits per heavy atom. The van der Waals surface area contributed by atoms with Crippen LogP contribution in [0.5, 0.6) is 0 Å². The van der Waals surface area contributed by atoms with E-state index in [1.807, 2.05) is 5.38 Å². The lowest BCUT2D eigenvalue weighted by atomic mass is 10.1. The van der Waals surface area contributed by atoms with E-state index in [-0.39, 0.29) is 11.1 Å². The second kappa shape index (κ2) is 4.19. The number of nitrogens with zero attached hydrogens (tertiary/aromatic N) is 3. The van der Waals surface area contributed by atoms with Crippen molar-refractivity contribution < 1.29 is 8.42 Å². The summed E-state index contributed by atoms with van der Waals surface area (Å²) < 4.78 is 29.4. The fourth-order valence-corrected chi connectivity index (χ4v) is 6.23. The number of hydrogen-bond donors (Lipinski definition) is 1. The predicted molar refractivity (Wildman–Crippen MR) is 77.6 cm³/mol. The second-order valence-electron chi connectivity index (χ2n) is 5.48. The average Bonchev–Trinajstić information content (AvgIpc) is 3.16. The maximum atomic E-state index is 13.0. The first-order valence-electron chi connectivity index (χ1n) is 6.76. The normalized spacial score (nSPS) is 26.6. The molecule has 2 aliphatic rings. The van der Waals surface area contributed by atoms with E-state index >= 15 is 0 Å². The molecule has 20 heavy (non-hydrogen) atoms. The highest BCUT2D eigenvalue weighted by atomic mass is 32.2. The van der Waals surface area contributed by atoms with Gasteiger partial charge >= 0.3 is 0 Å². The number of hydrogen-bond acceptors (Lipinski definition) is 5. The molecule has 6 nitrogen and oxygen atoms in total. The molecule has 1 aliphatic carbocycles. The number of piperidine rings is 1. The number of fused-ring (bicyclic) bond motifs is 3. The third-order valence-electron chi connectivity index (χ3n) is 4.37. The van der Waals surface area contributed by atoms with Crippen molar-refractivity contribution in [3.8, 4) is 0 Å². The molecule has 3 heterocycles. The molecule has 2 fully saturated rings. The monoisotopic (exact) mass is 312 g/mol. The van der Waals surface area contributed by atoms with Crippen molar-refractivity contribution in [1.82, 2.24) is 13.7 Å². The molecule has 2 atom stereocenters. The lowest BCUT2D eigenvalue weighted by Gasteiger charge is -2.25. The Morgan fingerprint density at radius 3 is 2.95 bits per heavy atom. The Hall–Kier alpha value is -1.12. The molecule has 2 bridgehead atoms. The van der Waals surface area contributed by atoms with Gasteiger partial charge in [0.1, 0.15) is 0 Å². The van der Waals surface area contributed by atoms with Crippen LogP contribution in [0.2, 0.25) is 0 Å². The molecule has 0 aromatic carbocycles. The van der Waals surface area contributed by atoms with Crippen molar-refractivity contribution >= 4 is 32.1 Å². The van der Waals surface area contributed by atoms with Crippen molar-refractivity contribution in [2.24, 2.45) is 5.92 Å². The highest BCUT2D eigenvalue weighted by Crippen LogP contribution is 2.41. The molecule has 1 saturated carbocycles. The Balaban J connectivity index is 1.87. The lowest BCUT2D eigenvalue weighted by Crippen LogP contribution is -2.38. The van der Waals surface area contributed by atoms with Gasteiger partial charge in [-0.3, -0.25) is 4.40 Å². The van der Waals surface area contributed by atoms with E-state index in [0.29, 0.717) is 23.2 Å². The van der Waals surface area contributed by atoms with E-state index in [1.54, 1.807) is 22.0 Å². The predicted octanol–water partition coefficient (Wildman–Crippen LogP) is 1.61. The van der Waals surface area contributed by atoms with Gasteiger partial charge in [0.25, 0.3) is 10.0 Å². The van der Waals surface area contributed by atoms with Gasteiger partial charge in [-0.2, -0.15) is 4.31 Å². The van der Waals surface area contributed by atoms with Crippen LogP contribution in [0.25, 0.3) is 4.96 Å². The van der Waals surface area contributed by atoms with Gasteiger partial charge < -0.3 is 5.32 Å². The minimum atomic E-state index is -3.49. The van der Waals surface area contributed by atoms with E-state index < -0.39 is 10.0 Å². The number of sulfonamides is 1. The largest absolute Gasteiger partial charge is 0.371 e. The summed E-state index contributed by atoms with van der Waals surface area (Å²) in [6.45, 7) is 0.660. The maximum Gasteiger partial charge on any atom is 0.263 e. The van der Waals surface area contributed by atoms with Crippen molar-refractivity contribution in [3.05, 3.63) is 11.6 Å². The summed E-state index contributed by atoms with van der Waals surface area (Å²) in [5.74, 6) is 0.985. The second-order valence-corrected chi connectivity index (χ2v) is 8.16. The maximum absolute atomic E-state index is 13.0. The summed E-state index contributed by atoms with van der Waals surface area (Å²) in [6.07, 6.45) is 4.94. The number of imidazole rings is 1. The van der Waals surface area contributed by atoms with E-state index in [4.69, 9.17) is 0 Å². The van der Waals surface area contributed by atoms with Gasteiger partial charge in [-0.15, -0.1) is 11.3 Å². The minimum absolute atomic E-state index is 0.180. The van der Waals surface area contributed by atoms with Crippen LogP contribution in [-0.2, 0) is 10.0 Å². The van der Waals surface area contributed by atoms with Crippen LogP contribution >= 0.6 is 11.3 Å². The van der Waals surface area contributed by atoms with Gasteiger partial charge in [-0.25, -0.2) is 13.4 Å². The number of thiazole rings is 1. The molecule has 0 amide bonds. The first-order valence-corrected chi connectivity index (χ1v) is 9.08. The molecular formula is C12H16N4O2S2. The number of rotatable bonds is 3. The topological polar surface area (TPSA) is 66.7 Å². The van der Waals surface area contributed by atoms with Crippen LogP contribution in [0.15, 0.2) is 16.6 Å².